The molecule has 0 aromatic heterocycles. The van der Waals surface area contributed by atoms with Gasteiger partial charge in [0.05, 0.1) is 0 Å². The summed E-state index contributed by atoms with van der Waals surface area (Å²) in [6, 6.07) is 7.89. The normalized spacial score (nSPS) is 45.8. The van der Waals surface area contributed by atoms with Crippen molar-refractivity contribution in [2.45, 2.75) is 111 Å². The molecule has 5 N–H and O–H groups in total. The topological polar surface area (TPSA) is 78.5 Å². The SMILES string of the molecule is C=C(CNCCc1ccc(O)cc1)[C@@H]1CC[C@]2(CO)CC[C@]3(C)[C@H](CC[C@@H]4[C@@]5(C)CCC(N)C(C)(C)[C@@H]5CC[C@]43C)[C@@H]12. The van der Waals surface area contributed by atoms with Gasteiger partial charge >= 0.3 is 0 Å². The van der Waals surface area contributed by atoms with Gasteiger partial charge in [0.15, 0.2) is 0 Å². The van der Waals surface area contributed by atoms with Crippen LogP contribution in [0.5, 0.6) is 5.75 Å². The Balaban J connectivity index is 1.21. The van der Waals surface area contributed by atoms with E-state index in [0.717, 1.165) is 37.8 Å². The predicted molar refractivity (Wildman–Crippen MR) is 173 cm³/mol. The van der Waals surface area contributed by atoms with E-state index in [1.807, 2.05) is 12.1 Å². The van der Waals surface area contributed by atoms with Crippen LogP contribution in [0.1, 0.15) is 104 Å². The Morgan fingerprint density at radius 1 is 0.881 bits per heavy atom. The largest absolute Gasteiger partial charge is 0.508 e. The van der Waals surface area contributed by atoms with Crippen LogP contribution in [0.15, 0.2) is 36.4 Å². The van der Waals surface area contributed by atoms with Gasteiger partial charge in [-0.05, 0) is 152 Å². The first kappa shape index (κ1) is 30.7. The number of hydrogen-bond donors (Lipinski definition) is 4. The first-order valence-electron chi connectivity index (χ1n) is 17.4. The molecule has 0 bridgehead atoms. The maximum atomic E-state index is 11.0. The standard InChI is InChI=1S/C38H60N2O2/c1-25(23-40-22-16-26-7-9-27(42)10-8-26)28-13-19-38(24-41)21-20-36(5)29(33(28)38)11-12-31-35(4)17-15-32(39)34(2,3)30(35)14-18-37(31,36)6/h7-10,28-33,40-42H,1,11-24,39H2,2-6H3/t28-,29+,30-,31+,32?,33+,35-,36+,37+,38+/m0/s1. The predicted octanol–water partition coefficient (Wildman–Crippen LogP) is 7.48. The molecule has 42 heavy (non-hydrogen) atoms. The van der Waals surface area contributed by atoms with Crippen molar-refractivity contribution in [2.75, 3.05) is 19.7 Å². The zero-order valence-electron chi connectivity index (χ0n) is 27.4. The smallest absolute Gasteiger partial charge is 0.115 e. The number of nitrogens with two attached hydrogens (primary N) is 1. The number of aromatic hydroxyl groups is 1. The Labute approximate surface area is 256 Å². The van der Waals surface area contributed by atoms with E-state index in [4.69, 9.17) is 12.3 Å². The first-order valence-corrected chi connectivity index (χ1v) is 17.4. The third-order valence-electron chi connectivity index (χ3n) is 15.4. The molecular weight excluding hydrogens is 516 g/mol. The maximum Gasteiger partial charge on any atom is 0.115 e. The Bertz CT molecular complexity index is 1160. The van der Waals surface area contributed by atoms with Crippen LogP contribution in [-0.4, -0.2) is 36.0 Å². The maximum absolute atomic E-state index is 11.0. The number of phenols is 1. The van der Waals surface area contributed by atoms with Crippen LogP contribution in [0.3, 0.4) is 0 Å². The van der Waals surface area contributed by atoms with E-state index in [-0.39, 0.29) is 10.8 Å². The third kappa shape index (κ3) is 4.39. The summed E-state index contributed by atoms with van der Waals surface area (Å²) in [5.74, 6) is 3.53. The van der Waals surface area contributed by atoms with Gasteiger partial charge in [-0.2, -0.15) is 0 Å². The van der Waals surface area contributed by atoms with E-state index >= 15 is 0 Å². The second-order valence-electron chi connectivity index (χ2n) is 17.1. The Morgan fingerprint density at radius 3 is 2.33 bits per heavy atom. The van der Waals surface area contributed by atoms with Crippen LogP contribution in [0.25, 0.3) is 0 Å². The molecule has 4 heteroatoms. The zero-order chi connectivity index (χ0) is 30.1. The number of aliphatic hydroxyl groups excluding tert-OH is 1. The number of hydrogen-bond acceptors (Lipinski definition) is 4. The molecule has 0 spiro atoms. The van der Waals surface area contributed by atoms with Gasteiger partial charge in [0.2, 0.25) is 0 Å². The fraction of sp³-hybridized carbons (Fsp3) is 0.789. The Kier molecular flexibility index (Phi) is 7.75. The molecule has 4 nitrogen and oxygen atoms in total. The van der Waals surface area contributed by atoms with Crippen LogP contribution >= 0.6 is 0 Å². The van der Waals surface area contributed by atoms with Crippen molar-refractivity contribution in [3.63, 3.8) is 0 Å². The summed E-state index contributed by atoms with van der Waals surface area (Å²) in [5.41, 5.74) is 10.7. The van der Waals surface area contributed by atoms with E-state index < -0.39 is 0 Å². The Hall–Kier alpha value is -1.36. The average Bonchev–Trinajstić information content (AvgIpc) is 3.35. The highest BCUT2D eigenvalue weighted by Crippen LogP contribution is 2.77. The van der Waals surface area contributed by atoms with Crippen molar-refractivity contribution < 1.29 is 10.2 Å². The molecule has 1 unspecified atom stereocenters. The van der Waals surface area contributed by atoms with Gasteiger partial charge in [-0.3, -0.25) is 0 Å². The van der Waals surface area contributed by atoms with Crippen LogP contribution in [0.4, 0.5) is 0 Å². The van der Waals surface area contributed by atoms with E-state index in [2.05, 4.69) is 39.9 Å². The molecule has 0 amide bonds. The molecule has 10 atom stereocenters. The van der Waals surface area contributed by atoms with Crippen LogP contribution in [0, 0.1) is 56.7 Å². The Morgan fingerprint density at radius 2 is 1.62 bits per heavy atom. The molecule has 1 aromatic rings. The molecule has 1 aromatic carbocycles. The first-order chi connectivity index (χ1) is 19.8. The number of nitrogens with one attached hydrogen (secondary N) is 1. The van der Waals surface area contributed by atoms with Crippen LogP contribution in [-0.2, 0) is 6.42 Å². The monoisotopic (exact) mass is 576 g/mol. The van der Waals surface area contributed by atoms with Gasteiger partial charge in [0, 0.05) is 19.2 Å². The third-order valence-corrected chi connectivity index (χ3v) is 15.4. The van der Waals surface area contributed by atoms with Gasteiger partial charge < -0.3 is 21.3 Å². The minimum absolute atomic E-state index is 0.0771. The van der Waals surface area contributed by atoms with Crippen molar-refractivity contribution in [1.82, 2.24) is 5.32 Å². The highest BCUT2D eigenvalue weighted by Gasteiger charge is 2.70. The lowest BCUT2D eigenvalue weighted by atomic mass is 9.32. The van der Waals surface area contributed by atoms with Gasteiger partial charge in [-0.25, -0.2) is 0 Å². The summed E-state index contributed by atoms with van der Waals surface area (Å²) in [6.45, 7) is 19.8. The molecule has 5 aliphatic rings. The molecule has 0 heterocycles. The molecule has 234 valence electrons. The molecule has 0 aliphatic heterocycles. The van der Waals surface area contributed by atoms with Crippen LogP contribution in [0.2, 0.25) is 0 Å². The number of phenolic OH excluding ortho intramolecular Hbond substituents is 1. The van der Waals surface area contributed by atoms with Crippen molar-refractivity contribution in [3.8, 4) is 5.75 Å². The minimum atomic E-state index is 0.0771. The van der Waals surface area contributed by atoms with Gasteiger partial charge in [0.1, 0.15) is 5.75 Å². The second-order valence-corrected chi connectivity index (χ2v) is 17.1. The molecule has 0 radical (unpaired) electrons. The van der Waals surface area contributed by atoms with E-state index in [1.165, 1.54) is 68.9 Å². The minimum Gasteiger partial charge on any atom is -0.508 e. The highest BCUT2D eigenvalue weighted by atomic mass is 16.3. The van der Waals surface area contributed by atoms with E-state index in [1.54, 1.807) is 12.1 Å². The van der Waals surface area contributed by atoms with Gasteiger partial charge in [-0.1, -0.05) is 58.9 Å². The lowest BCUT2D eigenvalue weighted by Gasteiger charge is -2.73. The molecule has 5 aliphatic carbocycles. The number of rotatable bonds is 7. The van der Waals surface area contributed by atoms with E-state index in [0.29, 0.717) is 52.4 Å². The van der Waals surface area contributed by atoms with Crippen molar-refractivity contribution in [2.24, 2.45) is 62.4 Å². The summed E-state index contributed by atoms with van der Waals surface area (Å²) < 4.78 is 0. The molecule has 6 rings (SSSR count). The fourth-order valence-corrected chi connectivity index (χ4v) is 12.8. The summed E-state index contributed by atoms with van der Waals surface area (Å²) in [6.07, 6.45) is 13.5. The zero-order valence-corrected chi connectivity index (χ0v) is 27.4. The number of aliphatic hydroxyl groups is 1. The summed E-state index contributed by atoms with van der Waals surface area (Å²) in [4.78, 5) is 0. The fourth-order valence-electron chi connectivity index (χ4n) is 12.8. The highest BCUT2D eigenvalue weighted by molar-refractivity contribution is 5.26. The molecule has 5 fully saturated rings. The van der Waals surface area contributed by atoms with E-state index in [9.17, 15) is 10.2 Å². The lowest BCUT2D eigenvalue weighted by Crippen LogP contribution is -2.67. The van der Waals surface area contributed by atoms with Crippen molar-refractivity contribution in [3.05, 3.63) is 42.0 Å². The second kappa shape index (κ2) is 10.6. The van der Waals surface area contributed by atoms with Crippen molar-refractivity contribution >= 4 is 0 Å². The summed E-state index contributed by atoms with van der Waals surface area (Å²) in [7, 11) is 0. The summed E-state index contributed by atoms with van der Waals surface area (Å²) in [5, 5.41) is 24.3. The number of benzene rings is 1. The van der Waals surface area contributed by atoms with Gasteiger partial charge in [-0.15, -0.1) is 0 Å². The van der Waals surface area contributed by atoms with Gasteiger partial charge in [0.25, 0.3) is 0 Å². The summed E-state index contributed by atoms with van der Waals surface area (Å²) >= 11 is 0. The number of fused-ring (bicyclic) bond motifs is 7. The molecule has 0 saturated heterocycles. The lowest BCUT2D eigenvalue weighted by molar-refractivity contribution is -0.240. The van der Waals surface area contributed by atoms with Crippen molar-refractivity contribution in [1.29, 1.82) is 0 Å². The average molecular weight is 577 g/mol. The molecule has 5 saturated carbocycles. The molecular formula is C38H60N2O2. The quantitative estimate of drug-likeness (QED) is 0.200. The van der Waals surface area contributed by atoms with Crippen LogP contribution < -0.4 is 11.1 Å².